The van der Waals surface area contributed by atoms with Gasteiger partial charge in [-0.05, 0) is 36.1 Å². The van der Waals surface area contributed by atoms with Crippen LogP contribution >= 0.6 is 11.3 Å². The first-order chi connectivity index (χ1) is 13.0. The zero-order valence-corrected chi connectivity index (χ0v) is 15.0. The third kappa shape index (κ3) is 2.86. The summed E-state index contributed by atoms with van der Waals surface area (Å²) in [6, 6.07) is 11.7. The summed E-state index contributed by atoms with van der Waals surface area (Å²) in [6.45, 7) is 1.51. The van der Waals surface area contributed by atoms with Gasteiger partial charge >= 0.3 is 6.03 Å². The highest BCUT2D eigenvalue weighted by Gasteiger charge is 2.49. The molecule has 0 radical (unpaired) electrons. The second-order valence-electron chi connectivity index (χ2n) is 6.12. The lowest BCUT2D eigenvalue weighted by molar-refractivity contribution is -0.131. The van der Waals surface area contributed by atoms with Gasteiger partial charge in [0.2, 0.25) is 11.7 Å². The molecule has 3 aromatic rings. The van der Waals surface area contributed by atoms with E-state index in [1.807, 2.05) is 23.6 Å². The van der Waals surface area contributed by atoms with Crippen molar-refractivity contribution < 1.29 is 14.1 Å². The standard InChI is InChI=1S/C18H13N5O3S/c1-18(12-6-4-11(9-19)5-7-12)16(24)23(17(25)21-18)10-14-20-15(22-26-14)13-3-2-8-27-13/h2-8H,10H2,1H3,(H,21,25). The molecule has 27 heavy (non-hydrogen) atoms. The number of nitrogens with one attached hydrogen (secondary N) is 1. The number of hydrogen-bond donors (Lipinski definition) is 1. The molecule has 0 saturated carbocycles. The van der Waals surface area contributed by atoms with Gasteiger partial charge in [0, 0.05) is 0 Å². The molecule has 1 saturated heterocycles. The number of nitriles is 1. The number of thiophene rings is 1. The number of amides is 3. The number of imide groups is 1. The first-order valence-electron chi connectivity index (χ1n) is 8.02. The Labute approximate surface area is 158 Å². The Morgan fingerprint density at radius 1 is 1.30 bits per heavy atom. The van der Waals surface area contributed by atoms with Crippen LogP contribution in [0.3, 0.4) is 0 Å². The topological polar surface area (TPSA) is 112 Å². The molecule has 1 fully saturated rings. The van der Waals surface area contributed by atoms with Gasteiger partial charge in [-0.2, -0.15) is 10.2 Å². The van der Waals surface area contributed by atoms with Gasteiger partial charge in [-0.3, -0.25) is 9.69 Å². The van der Waals surface area contributed by atoms with Crippen LogP contribution in [0.2, 0.25) is 0 Å². The normalized spacial score (nSPS) is 19.2. The average molecular weight is 379 g/mol. The smallest absolute Gasteiger partial charge is 0.325 e. The minimum absolute atomic E-state index is 0.116. The fourth-order valence-electron chi connectivity index (χ4n) is 2.87. The Kier molecular flexibility index (Phi) is 3.97. The van der Waals surface area contributed by atoms with Crippen molar-refractivity contribution in [2.45, 2.75) is 19.0 Å². The van der Waals surface area contributed by atoms with Crippen molar-refractivity contribution in [2.75, 3.05) is 0 Å². The molecule has 1 atom stereocenters. The van der Waals surface area contributed by atoms with E-state index in [0.29, 0.717) is 17.0 Å². The number of rotatable bonds is 4. The Morgan fingerprint density at radius 2 is 2.07 bits per heavy atom. The summed E-state index contributed by atoms with van der Waals surface area (Å²) < 4.78 is 5.19. The summed E-state index contributed by atoms with van der Waals surface area (Å²) in [7, 11) is 0. The number of hydrogen-bond acceptors (Lipinski definition) is 7. The molecule has 3 amide bonds. The molecule has 0 spiro atoms. The maximum Gasteiger partial charge on any atom is 0.325 e. The second-order valence-corrected chi connectivity index (χ2v) is 7.07. The van der Waals surface area contributed by atoms with Crippen LogP contribution in [-0.4, -0.2) is 27.0 Å². The lowest BCUT2D eigenvalue weighted by Gasteiger charge is -2.21. The number of carbonyl (C=O) groups excluding carboxylic acids is 2. The van der Waals surface area contributed by atoms with Crippen LogP contribution in [-0.2, 0) is 16.9 Å². The minimum Gasteiger partial charge on any atom is -0.337 e. The Morgan fingerprint density at radius 3 is 2.74 bits per heavy atom. The molecule has 3 heterocycles. The molecule has 9 heteroatoms. The van der Waals surface area contributed by atoms with Crippen LogP contribution in [0.25, 0.3) is 10.7 Å². The van der Waals surface area contributed by atoms with Crippen LogP contribution in [0.4, 0.5) is 4.79 Å². The van der Waals surface area contributed by atoms with E-state index in [4.69, 9.17) is 9.78 Å². The van der Waals surface area contributed by atoms with E-state index < -0.39 is 17.5 Å². The molecule has 0 aliphatic carbocycles. The summed E-state index contributed by atoms with van der Waals surface area (Å²) in [6.07, 6.45) is 0. The van der Waals surface area contributed by atoms with Crippen molar-refractivity contribution in [3.8, 4) is 16.8 Å². The third-order valence-corrected chi connectivity index (χ3v) is 5.24. The molecule has 134 valence electrons. The van der Waals surface area contributed by atoms with Gasteiger partial charge in [0.25, 0.3) is 5.91 Å². The van der Waals surface area contributed by atoms with Gasteiger partial charge in [0.15, 0.2) is 0 Å². The van der Waals surface area contributed by atoms with Crippen molar-refractivity contribution in [3.63, 3.8) is 0 Å². The summed E-state index contributed by atoms with van der Waals surface area (Å²) in [5.74, 6) is 0.168. The van der Waals surface area contributed by atoms with Gasteiger partial charge in [-0.15, -0.1) is 11.3 Å². The van der Waals surface area contributed by atoms with Gasteiger partial charge in [0.1, 0.15) is 12.1 Å². The number of benzene rings is 1. The van der Waals surface area contributed by atoms with Crippen molar-refractivity contribution >= 4 is 23.3 Å². The molecule has 1 aliphatic rings. The number of nitrogens with zero attached hydrogens (tertiary/aromatic N) is 4. The predicted octanol–water partition coefficient (Wildman–Crippen LogP) is 2.64. The highest BCUT2D eigenvalue weighted by molar-refractivity contribution is 7.13. The van der Waals surface area contributed by atoms with E-state index >= 15 is 0 Å². The molecule has 1 aliphatic heterocycles. The summed E-state index contributed by atoms with van der Waals surface area (Å²) in [4.78, 5) is 31.4. The Balaban J connectivity index is 1.57. The molecule has 0 bridgehead atoms. The molecular weight excluding hydrogens is 366 g/mol. The highest BCUT2D eigenvalue weighted by atomic mass is 32.1. The van der Waals surface area contributed by atoms with Crippen LogP contribution in [0, 0.1) is 11.3 Å². The molecule has 1 aromatic carbocycles. The van der Waals surface area contributed by atoms with Crippen LogP contribution < -0.4 is 5.32 Å². The SMILES string of the molecule is CC1(c2ccc(C#N)cc2)NC(=O)N(Cc2nc(-c3cccs3)no2)C1=O. The van der Waals surface area contributed by atoms with E-state index in [9.17, 15) is 9.59 Å². The lowest BCUT2D eigenvalue weighted by atomic mass is 9.91. The van der Waals surface area contributed by atoms with E-state index in [2.05, 4.69) is 15.5 Å². The zero-order chi connectivity index (χ0) is 19.0. The van der Waals surface area contributed by atoms with Crippen molar-refractivity contribution in [1.29, 1.82) is 5.26 Å². The van der Waals surface area contributed by atoms with Crippen molar-refractivity contribution in [3.05, 3.63) is 58.8 Å². The Bertz CT molecular complexity index is 1050. The summed E-state index contributed by atoms with van der Waals surface area (Å²) in [5.41, 5.74) is -0.156. The molecule has 1 N–H and O–H groups in total. The van der Waals surface area contributed by atoms with Gasteiger partial charge in [-0.1, -0.05) is 23.4 Å². The molecule has 2 aromatic heterocycles. The summed E-state index contributed by atoms with van der Waals surface area (Å²) >= 11 is 1.47. The molecule has 1 unspecified atom stereocenters. The Hall–Kier alpha value is -3.51. The van der Waals surface area contributed by atoms with Crippen molar-refractivity contribution in [2.24, 2.45) is 0 Å². The second kappa shape index (κ2) is 6.34. The fraction of sp³-hybridized carbons (Fsp3) is 0.167. The molecule has 8 nitrogen and oxygen atoms in total. The van der Waals surface area contributed by atoms with Crippen LogP contribution in [0.1, 0.15) is 23.9 Å². The zero-order valence-electron chi connectivity index (χ0n) is 14.2. The average Bonchev–Trinajstić information content (AvgIpc) is 3.40. The van der Waals surface area contributed by atoms with E-state index in [1.165, 1.54) is 11.3 Å². The van der Waals surface area contributed by atoms with Gasteiger partial charge in [-0.25, -0.2) is 4.79 Å². The first kappa shape index (κ1) is 16.9. The number of aromatic nitrogens is 2. The predicted molar refractivity (Wildman–Crippen MR) is 95.2 cm³/mol. The van der Waals surface area contributed by atoms with Crippen LogP contribution in [0.15, 0.2) is 46.3 Å². The van der Waals surface area contributed by atoms with Gasteiger partial charge < -0.3 is 9.84 Å². The van der Waals surface area contributed by atoms with E-state index in [0.717, 1.165) is 9.78 Å². The minimum atomic E-state index is -1.22. The first-order valence-corrected chi connectivity index (χ1v) is 8.90. The summed E-state index contributed by atoms with van der Waals surface area (Å²) in [5, 5.41) is 17.4. The largest absolute Gasteiger partial charge is 0.337 e. The molecular formula is C18H13N5O3S. The monoisotopic (exact) mass is 379 g/mol. The van der Waals surface area contributed by atoms with E-state index in [-0.39, 0.29) is 12.4 Å². The number of carbonyl (C=O) groups is 2. The lowest BCUT2D eigenvalue weighted by Crippen LogP contribution is -2.40. The maximum absolute atomic E-state index is 12.9. The van der Waals surface area contributed by atoms with Crippen molar-refractivity contribution in [1.82, 2.24) is 20.4 Å². The number of urea groups is 1. The fourth-order valence-corrected chi connectivity index (χ4v) is 3.52. The molecule has 4 rings (SSSR count). The van der Waals surface area contributed by atoms with Gasteiger partial charge in [0.05, 0.1) is 16.5 Å². The highest BCUT2D eigenvalue weighted by Crippen LogP contribution is 2.30. The quantitative estimate of drug-likeness (QED) is 0.698. The van der Waals surface area contributed by atoms with Crippen LogP contribution in [0.5, 0.6) is 0 Å². The third-order valence-electron chi connectivity index (χ3n) is 4.37. The maximum atomic E-state index is 12.9. The van der Waals surface area contributed by atoms with E-state index in [1.54, 1.807) is 31.2 Å².